The lowest BCUT2D eigenvalue weighted by atomic mass is 10.1. The molecule has 0 aromatic heterocycles. The number of benzene rings is 2. The molecule has 0 aliphatic carbocycles. The second kappa shape index (κ2) is 8.27. The van der Waals surface area contributed by atoms with Crippen molar-refractivity contribution in [3.63, 3.8) is 0 Å². The number of imide groups is 1. The Morgan fingerprint density at radius 2 is 1.78 bits per heavy atom. The largest absolute Gasteiger partial charge is 0.325 e. The fraction of sp³-hybridized carbons (Fsp3) is 0.250. The van der Waals surface area contributed by atoms with Crippen LogP contribution in [0.1, 0.15) is 17.5 Å². The molecule has 1 saturated heterocycles. The fourth-order valence-electron chi connectivity index (χ4n) is 3.02. The molecule has 3 rings (SSSR count). The maximum Gasteiger partial charge on any atom is 0.247 e. The van der Waals surface area contributed by atoms with Crippen LogP contribution < -0.4 is 10.2 Å². The van der Waals surface area contributed by atoms with E-state index < -0.39 is 5.25 Å². The van der Waals surface area contributed by atoms with E-state index >= 15 is 0 Å². The molecule has 1 unspecified atom stereocenters. The van der Waals surface area contributed by atoms with Crippen LogP contribution in [-0.2, 0) is 14.4 Å². The number of halogens is 1. The average Bonchev–Trinajstić information content (AvgIpc) is 2.87. The number of aryl methyl sites for hydroxylation is 2. The lowest BCUT2D eigenvalue weighted by Gasteiger charge is -2.15. The van der Waals surface area contributed by atoms with Gasteiger partial charge in [-0.05, 0) is 61.4 Å². The van der Waals surface area contributed by atoms with Crippen LogP contribution >= 0.6 is 27.7 Å². The van der Waals surface area contributed by atoms with E-state index in [0.29, 0.717) is 5.69 Å². The Hall–Kier alpha value is -2.12. The Labute approximate surface area is 170 Å². The number of amides is 3. The van der Waals surface area contributed by atoms with E-state index in [9.17, 15) is 14.4 Å². The Kier molecular flexibility index (Phi) is 6.01. The first-order chi connectivity index (χ1) is 12.8. The molecule has 140 valence electrons. The molecule has 1 heterocycles. The summed E-state index contributed by atoms with van der Waals surface area (Å²) >= 11 is 4.54. The van der Waals surface area contributed by atoms with Crippen LogP contribution in [-0.4, -0.2) is 28.7 Å². The number of carbonyl (C=O) groups is 3. The van der Waals surface area contributed by atoms with E-state index in [2.05, 4.69) is 21.2 Å². The zero-order chi connectivity index (χ0) is 19.6. The molecule has 1 aliphatic heterocycles. The molecule has 3 amide bonds. The van der Waals surface area contributed by atoms with Crippen LogP contribution in [0.4, 0.5) is 11.4 Å². The summed E-state index contributed by atoms with van der Waals surface area (Å²) in [4.78, 5) is 38.3. The van der Waals surface area contributed by atoms with Crippen molar-refractivity contribution in [2.45, 2.75) is 25.5 Å². The molecule has 1 aliphatic rings. The molecule has 0 radical (unpaired) electrons. The summed E-state index contributed by atoms with van der Waals surface area (Å²) in [6.07, 6.45) is 0.108. The van der Waals surface area contributed by atoms with Gasteiger partial charge in [0.25, 0.3) is 0 Å². The maximum absolute atomic E-state index is 12.6. The van der Waals surface area contributed by atoms with Gasteiger partial charge in [-0.2, -0.15) is 0 Å². The number of hydrogen-bond donors (Lipinski definition) is 1. The zero-order valence-corrected chi connectivity index (χ0v) is 17.4. The van der Waals surface area contributed by atoms with E-state index in [-0.39, 0.29) is 29.9 Å². The van der Waals surface area contributed by atoms with Gasteiger partial charge in [-0.1, -0.05) is 22.0 Å². The third kappa shape index (κ3) is 4.78. The first-order valence-electron chi connectivity index (χ1n) is 8.45. The summed E-state index contributed by atoms with van der Waals surface area (Å²) in [5, 5.41) is 2.31. The highest BCUT2D eigenvalue weighted by atomic mass is 79.9. The van der Waals surface area contributed by atoms with Crippen LogP contribution in [0, 0.1) is 13.8 Å². The lowest BCUT2D eigenvalue weighted by Crippen LogP contribution is -2.31. The molecule has 2 aromatic carbocycles. The minimum atomic E-state index is -0.536. The van der Waals surface area contributed by atoms with Crippen LogP contribution in [0.5, 0.6) is 0 Å². The molecule has 0 saturated carbocycles. The first kappa shape index (κ1) is 19.6. The Morgan fingerprint density at radius 1 is 1.15 bits per heavy atom. The highest BCUT2D eigenvalue weighted by Gasteiger charge is 2.40. The SMILES string of the molecule is Cc1cc(C)cc(NC(=O)CSC2CC(=O)N(c3ccc(Br)cc3)C2=O)c1. The van der Waals surface area contributed by atoms with Crippen molar-refractivity contribution in [2.75, 3.05) is 16.0 Å². The van der Waals surface area contributed by atoms with E-state index in [0.717, 1.165) is 21.3 Å². The second-order valence-corrected chi connectivity index (χ2v) is 8.58. The number of nitrogens with one attached hydrogen (secondary N) is 1. The Morgan fingerprint density at radius 3 is 2.41 bits per heavy atom. The van der Waals surface area contributed by atoms with Gasteiger partial charge in [-0.25, -0.2) is 4.90 Å². The number of anilines is 2. The molecule has 27 heavy (non-hydrogen) atoms. The van der Waals surface area contributed by atoms with Gasteiger partial charge in [0.1, 0.15) is 0 Å². The summed E-state index contributed by atoms with van der Waals surface area (Å²) in [5.74, 6) is -0.585. The zero-order valence-electron chi connectivity index (χ0n) is 15.0. The third-order valence-electron chi connectivity index (χ3n) is 4.11. The Balaban J connectivity index is 1.59. The smallest absolute Gasteiger partial charge is 0.247 e. The van der Waals surface area contributed by atoms with Crippen molar-refractivity contribution in [3.8, 4) is 0 Å². The van der Waals surface area contributed by atoms with Crippen LogP contribution in [0.2, 0.25) is 0 Å². The molecule has 0 bridgehead atoms. The van der Waals surface area contributed by atoms with Gasteiger partial charge in [0.15, 0.2) is 0 Å². The maximum atomic E-state index is 12.6. The molecule has 7 heteroatoms. The predicted molar refractivity (Wildman–Crippen MR) is 112 cm³/mol. The molecule has 1 fully saturated rings. The summed E-state index contributed by atoms with van der Waals surface area (Å²) in [7, 11) is 0. The number of thioether (sulfide) groups is 1. The van der Waals surface area contributed by atoms with Gasteiger partial charge in [0.2, 0.25) is 17.7 Å². The van der Waals surface area contributed by atoms with Crippen LogP contribution in [0.3, 0.4) is 0 Å². The highest BCUT2D eigenvalue weighted by Crippen LogP contribution is 2.30. The second-order valence-electron chi connectivity index (χ2n) is 6.47. The number of nitrogens with zero attached hydrogens (tertiary/aromatic N) is 1. The molecular weight excluding hydrogens is 428 g/mol. The standard InChI is InChI=1S/C20H19BrN2O3S/c1-12-7-13(2)9-15(8-12)22-18(24)11-27-17-10-19(25)23(20(17)26)16-5-3-14(21)4-6-16/h3-9,17H,10-11H2,1-2H3,(H,22,24). The van der Waals surface area contributed by atoms with Crippen molar-refractivity contribution >= 4 is 56.8 Å². The lowest BCUT2D eigenvalue weighted by molar-refractivity contribution is -0.121. The van der Waals surface area contributed by atoms with Crippen molar-refractivity contribution in [1.82, 2.24) is 0 Å². The summed E-state index contributed by atoms with van der Waals surface area (Å²) in [6, 6.07) is 12.8. The average molecular weight is 447 g/mol. The van der Waals surface area contributed by atoms with Gasteiger partial charge in [-0.3, -0.25) is 14.4 Å². The van der Waals surface area contributed by atoms with E-state index in [4.69, 9.17) is 0 Å². The van der Waals surface area contributed by atoms with E-state index in [1.165, 1.54) is 16.7 Å². The van der Waals surface area contributed by atoms with Crippen LogP contribution in [0.15, 0.2) is 46.9 Å². The molecule has 2 aromatic rings. The molecule has 5 nitrogen and oxygen atoms in total. The van der Waals surface area contributed by atoms with Gasteiger partial charge in [0.05, 0.1) is 16.7 Å². The summed E-state index contributed by atoms with van der Waals surface area (Å²) in [5.41, 5.74) is 3.43. The molecule has 1 N–H and O–H groups in total. The first-order valence-corrected chi connectivity index (χ1v) is 10.3. The third-order valence-corrected chi connectivity index (χ3v) is 5.84. The van der Waals surface area contributed by atoms with Gasteiger partial charge >= 0.3 is 0 Å². The van der Waals surface area contributed by atoms with Crippen molar-refractivity contribution in [1.29, 1.82) is 0 Å². The highest BCUT2D eigenvalue weighted by molar-refractivity contribution is 9.10. The van der Waals surface area contributed by atoms with Gasteiger partial charge in [-0.15, -0.1) is 11.8 Å². The van der Waals surface area contributed by atoms with Crippen molar-refractivity contribution in [2.24, 2.45) is 0 Å². The number of carbonyl (C=O) groups excluding carboxylic acids is 3. The Bertz CT molecular complexity index is 878. The molecular formula is C20H19BrN2O3S. The minimum Gasteiger partial charge on any atom is -0.325 e. The monoisotopic (exact) mass is 446 g/mol. The van der Waals surface area contributed by atoms with E-state index in [1.54, 1.807) is 24.3 Å². The predicted octanol–water partition coefficient (Wildman–Crippen LogP) is 4.07. The topological polar surface area (TPSA) is 66.5 Å². The van der Waals surface area contributed by atoms with E-state index in [1.807, 2.05) is 32.0 Å². The summed E-state index contributed by atoms with van der Waals surface area (Å²) < 4.78 is 0.874. The van der Waals surface area contributed by atoms with Gasteiger partial charge in [0, 0.05) is 16.6 Å². The fourth-order valence-corrected chi connectivity index (χ4v) is 4.21. The normalized spacial score (nSPS) is 16.7. The number of hydrogen-bond acceptors (Lipinski definition) is 4. The van der Waals surface area contributed by atoms with Crippen molar-refractivity contribution < 1.29 is 14.4 Å². The molecule has 0 spiro atoms. The quantitative estimate of drug-likeness (QED) is 0.702. The van der Waals surface area contributed by atoms with Crippen molar-refractivity contribution in [3.05, 3.63) is 58.1 Å². The minimum absolute atomic E-state index is 0.108. The summed E-state index contributed by atoms with van der Waals surface area (Å²) in [6.45, 7) is 3.94. The van der Waals surface area contributed by atoms with Gasteiger partial charge < -0.3 is 5.32 Å². The molecule has 1 atom stereocenters. The van der Waals surface area contributed by atoms with Crippen LogP contribution in [0.25, 0.3) is 0 Å². The number of rotatable bonds is 5.